The SMILES string of the molecule is CCOP(=O)(OCC)c1[nH]nc(-c2ccccc2)c1-c1ccccc1. The van der Waals surface area contributed by atoms with Crippen molar-refractivity contribution in [3.05, 3.63) is 60.7 Å². The van der Waals surface area contributed by atoms with Crippen molar-refractivity contribution >= 4 is 13.0 Å². The fourth-order valence-electron chi connectivity index (χ4n) is 2.72. The number of hydrogen-bond donors (Lipinski definition) is 1. The molecule has 3 aromatic rings. The molecule has 0 aliphatic carbocycles. The third-order valence-corrected chi connectivity index (χ3v) is 5.80. The smallest absolute Gasteiger partial charge is 0.304 e. The Hall–Kier alpha value is -2.20. The average molecular weight is 356 g/mol. The van der Waals surface area contributed by atoms with Gasteiger partial charge in [0.2, 0.25) is 0 Å². The molecule has 0 atom stereocenters. The van der Waals surface area contributed by atoms with Gasteiger partial charge in [0.05, 0.1) is 13.2 Å². The van der Waals surface area contributed by atoms with Crippen molar-refractivity contribution in [3.63, 3.8) is 0 Å². The van der Waals surface area contributed by atoms with Gasteiger partial charge in [0, 0.05) is 11.1 Å². The van der Waals surface area contributed by atoms with Gasteiger partial charge >= 0.3 is 7.60 Å². The van der Waals surface area contributed by atoms with Crippen molar-refractivity contribution in [1.29, 1.82) is 0 Å². The quantitative estimate of drug-likeness (QED) is 0.627. The Kier molecular flexibility index (Phi) is 5.49. The Balaban J connectivity index is 2.23. The van der Waals surface area contributed by atoms with E-state index in [-0.39, 0.29) is 13.2 Å². The molecule has 1 heterocycles. The lowest BCUT2D eigenvalue weighted by molar-refractivity contribution is 0.229. The van der Waals surface area contributed by atoms with Crippen LogP contribution in [0.3, 0.4) is 0 Å². The summed E-state index contributed by atoms with van der Waals surface area (Å²) in [5, 5.41) is 7.35. The first-order chi connectivity index (χ1) is 12.2. The molecule has 0 amide bonds. The highest BCUT2D eigenvalue weighted by molar-refractivity contribution is 7.62. The molecule has 0 radical (unpaired) electrons. The molecule has 0 unspecified atom stereocenters. The molecule has 0 saturated heterocycles. The van der Waals surface area contributed by atoms with Crippen molar-refractivity contribution < 1.29 is 13.6 Å². The first-order valence-electron chi connectivity index (χ1n) is 8.28. The number of H-pyrrole nitrogens is 1. The summed E-state index contributed by atoms with van der Waals surface area (Å²) in [4.78, 5) is 0. The second kappa shape index (κ2) is 7.79. The van der Waals surface area contributed by atoms with Crippen molar-refractivity contribution in [1.82, 2.24) is 10.2 Å². The fourth-order valence-corrected chi connectivity index (χ4v) is 4.41. The van der Waals surface area contributed by atoms with Crippen LogP contribution >= 0.6 is 7.60 Å². The van der Waals surface area contributed by atoms with Crippen LogP contribution in [0.5, 0.6) is 0 Å². The van der Waals surface area contributed by atoms with Gasteiger partial charge in [0.15, 0.2) is 5.44 Å². The molecule has 130 valence electrons. The molecule has 0 spiro atoms. The van der Waals surface area contributed by atoms with Crippen LogP contribution in [0.4, 0.5) is 0 Å². The van der Waals surface area contributed by atoms with E-state index >= 15 is 0 Å². The first-order valence-corrected chi connectivity index (χ1v) is 9.82. The van der Waals surface area contributed by atoms with E-state index in [1.54, 1.807) is 13.8 Å². The molecule has 5 nitrogen and oxygen atoms in total. The number of benzene rings is 2. The van der Waals surface area contributed by atoms with Gasteiger partial charge in [-0.2, -0.15) is 5.10 Å². The second-order valence-corrected chi connectivity index (χ2v) is 7.32. The van der Waals surface area contributed by atoms with Crippen LogP contribution in [0, 0.1) is 0 Å². The Bertz CT molecular complexity index is 853. The van der Waals surface area contributed by atoms with Crippen LogP contribution in [0.2, 0.25) is 0 Å². The second-order valence-electron chi connectivity index (χ2n) is 5.36. The predicted molar refractivity (Wildman–Crippen MR) is 100.0 cm³/mol. The van der Waals surface area contributed by atoms with E-state index in [9.17, 15) is 4.57 Å². The van der Waals surface area contributed by atoms with E-state index in [1.165, 1.54) is 0 Å². The zero-order valence-electron chi connectivity index (χ0n) is 14.3. The van der Waals surface area contributed by atoms with Crippen molar-refractivity contribution in [2.75, 3.05) is 13.2 Å². The molecule has 1 aromatic heterocycles. The molecule has 6 heteroatoms. The maximum atomic E-state index is 13.3. The van der Waals surface area contributed by atoms with Crippen LogP contribution in [-0.4, -0.2) is 23.4 Å². The number of aromatic amines is 1. The van der Waals surface area contributed by atoms with Crippen molar-refractivity contribution in [2.45, 2.75) is 13.8 Å². The lowest BCUT2D eigenvalue weighted by Crippen LogP contribution is -2.14. The monoisotopic (exact) mass is 356 g/mol. The van der Waals surface area contributed by atoms with E-state index in [2.05, 4.69) is 10.2 Å². The minimum Gasteiger partial charge on any atom is -0.304 e. The fraction of sp³-hybridized carbons (Fsp3) is 0.211. The Morgan fingerprint density at radius 1 is 0.880 bits per heavy atom. The lowest BCUT2D eigenvalue weighted by atomic mass is 10.0. The summed E-state index contributed by atoms with van der Waals surface area (Å²) in [6.45, 7) is 4.15. The van der Waals surface area contributed by atoms with Crippen LogP contribution < -0.4 is 5.44 Å². The molecule has 3 rings (SSSR count). The van der Waals surface area contributed by atoms with E-state index in [4.69, 9.17) is 9.05 Å². The van der Waals surface area contributed by atoms with E-state index in [0.717, 1.165) is 22.4 Å². The third kappa shape index (κ3) is 3.59. The molecular weight excluding hydrogens is 335 g/mol. The average Bonchev–Trinajstić information content (AvgIpc) is 3.09. The van der Waals surface area contributed by atoms with Gasteiger partial charge in [-0.15, -0.1) is 0 Å². The molecule has 0 aliphatic heterocycles. The maximum absolute atomic E-state index is 13.3. The molecule has 0 fully saturated rings. The minimum atomic E-state index is -3.49. The zero-order valence-corrected chi connectivity index (χ0v) is 15.2. The number of hydrogen-bond acceptors (Lipinski definition) is 4. The summed E-state index contributed by atoms with van der Waals surface area (Å²) in [6, 6.07) is 19.5. The third-order valence-electron chi connectivity index (χ3n) is 3.73. The van der Waals surface area contributed by atoms with Crippen molar-refractivity contribution in [3.8, 4) is 22.4 Å². The normalized spacial score (nSPS) is 11.6. The Labute approximate surface area is 147 Å². The molecule has 25 heavy (non-hydrogen) atoms. The highest BCUT2D eigenvalue weighted by Crippen LogP contribution is 2.50. The topological polar surface area (TPSA) is 64.2 Å². The van der Waals surface area contributed by atoms with Gasteiger partial charge in [-0.1, -0.05) is 60.7 Å². The number of nitrogens with zero attached hydrogens (tertiary/aromatic N) is 1. The van der Waals surface area contributed by atoms with Crippen molar-refractivity contribution in [2.24, 2.45) is 0 Å². The van der Waals surface area contributed by atoms with Crippen LogP contribution in [-0.2, 0) is 13.6 Å². The van der Waals surface area contributed by atoms with Crippen LogP contribution in [0.25, 0.3) is 22.4 Å². The molecule has 1 N–H and O–H groups in total. The lowest BCUT2D eigenvalue weighted by Gasteiger charge is -2.17. The summed E-state index contributed by atoms with van der Waals surface area (Å²) in [5.41, 5.74) is 3.70. The Morgan fingerprint density at radius 2 is 1.40 bits per heavy atom. The summed E-state index contributed by atoms with van der Waals surface area (Å²) < 4.78 is 24.4. The van der Waals surface area contributed by atoms with Gasteiger partial charge in [0.25, 0.3) is 0 Å². The predicted octanol–water partition coefficient (Wildman–Crippen LogP) is 4.64. The Morgan fingerprint density at radius 3 is 1.92 bits per heavy atom. The molecular formula is C19H21N2O3P. The largest absolute Gasteiger partial charge is 0.379 e. The van der Waals surface area contributed by atoms with Crippen LogP contribution in [0.1, 0.15) is 13.8 Å². The van der Waals surface area contributed by atoms with Gasteiger partial charge in [-0.25, -0.2) is 0 Å². The van der Waals surface area contributed by atoms with Gasteiger partial charge in [0.1, 0.15) is 5.69 Å². The zero-order chi connectivity index (χ0) is 17.7. The number of rotatable bonds is 7. The van der Waals surface area contributed by atoms with E-state index in [0.29, 0.717) is 5.44 Å². The molecule has 2 aromatic carbocycles. The molecule has 0 saturated carbocycles. The van der Waals surface area contributed by atoms with Gasteiger partial charge in [-0.3, -0.25) is 9.66 Å². The highest BCUT2D eigenvalue weighted by atomic mass is 31.2. The summed E-state index contributed by atoms with van der Waals surface area (Å²) in [7, 11) is -3.49. The van der Waals surface area contributed by atoms with E-state index < -0.39 is 7.60 Å². The highest BCUT2D eigenvalue weighted by Gasteiger charge is 2.34. The minimum absolute atomic E-state index is 0.283. The number of aromatic nitrogens is 2. The standard InChI is InChI=1S/C19H21N2O3P/c1-3-23-25(22,24-4-2)19-17(15-11-7-5-8-12-15)18(20-21-19)16-13-9-6-10-14-16/h5-14H,3-4H2,1-2H3,(H,20,21). The first kappa shape index (κ1) is 17.6. The van der Waals surface area contributed by atoms with E-state index in [1.807, 2.05) is 60.7 Å². The summed E-state index contributed by atoms with van der Waals surface area (Å²) in [5.74, 6) is 0. The van der Waals surface area contributed by atoms with Gasteiger partial charge < -0.3 is 9.05 Å². The maximum Gasteiger partial charge on any atom is 0.379 e. The summed E-state index contributed by atoms with van der Waals surface area (Å²) in [6.07, 6.45) is 0. The summed E-state index contributed by atoms with van der Waals surface area (Å²) >= 11 is 0. The molecule has 0 bridgehead atoms. The molecule has 0 aliphatic rings. The number of nitrogens with one attached hydrogen (secondary N) is 1. The van der Waals surface area contributed by atoms with Gasteiger partial charge in [-0.05, 0) is 19.4 Å². The van der Waals surface area contributed by atoms with Crippen LogP contribution in [0.15, 0.2) is 60.7 Å².